The number of aromatic nitrogens is 4. The Morgan fingerprint density at radius 2 is 2.12 bits per heavy atom. The number of thiocarbonyl (C=S) groups is 1. The third-order valence-corrected chi connectivity index (χ3v) is 3.24. The van der Waals surface area contributed by atoms with Crippen LogP contribution in [0.5, 0.6) is 0 Å². The summed E-state index contributed by atoms with van der Waals surface area (Å²) in [4.78, 5) is 13.6. The van der Waals surface area contributed by atoms with Crippen LogP contribution in [0.3, 0.4) is 0 Å². The van der Waals surface area contributed by atoms with Crippen LogP contribution in [0.2, 0.25) is 0 Å². The van der Waals surface area contributed by atoms with Crippen LogP contribution >= 0.6 is 12.2 Å². The van der Waals surface area contributed by atoms with Crippen molar-refractivity contribution in [1.29, 1.82) is 0 Å². The Morgan fingerprint density at radius 1 is 1.53 bits per heavy atom. The van der Waals surface area contributed by atoms with E-state index in [-0.39, 0.29) is 16.8 Å². The molecule has 1 rings (SSSR count). The van der Waals surface area contributed by atoms with E-state index < -0.39 is 5.41 Å². The van der Waals surface area contributed by atoms with Crippen LogP contribution < -0.4 is 11.1 Å². The number of nitrogens with two attached hydrogens (primary N) is 1. The van der Waals surface area contributed by atoms with Gasteiger partial charge in [-0.2, -0.15) is 4.80 Å². The first-order valence-corrected chi connectivity index (χ1v) is 5.72. The predicted octanol–water partition coefficient (Wildman–Crippen LogP) is 0.241. The number of hydrogen-bond acceptors (Lipinski definition) is 5. The molecule has 1 aromatic rings. The summed E-state index contributed by atoms with van der Waals surface area (Å²) < 4.78 is 0. The van der Waals surface area contributed by atoms with Crippen LogP contribution in [0.1, 0.15) is 26.7 Å². The van der Waals surface area contributed by atoms with E-state index in [0.29, 0.717) is 12.8 Å². The van der Waals surface area contributed by atoms with Crippen molar-refractivity contribution in [3.63, 3.8) is 0 Å². The van der Waals surface area contributed by atoms with Crippen molar-refractivity contribution in [2.75, 3.05) is 5.32 Å². The van der Waals surface area contributed by atoms with Crippen molar-refractivity contribution < 1.29 is 4.79 Å². The van der Waals surface area contributed by atoms with Crippen molar-refractivity contribution in [3.05, 3.63) is 0 Å². The molecule has 0 spiro atoms. The second kappa shape index (κ2) is 5.17. The van der Waals surface area contributed by atoms with Gasteiger partial charge in [-0.3, -0.25) is 10.1 Å². The van der Waals surface area contributed by atoms with Gasteiger partial charge in [0.2, 0.25) is 5.91 Å². The number of anilines is 1. The normalized spacial score (nSPS) is 11.2. The Bertz CT molecular complexity index is 425. The highest BCUT2D eigenvalue weighted by Crippen LogP contribution is 2.28. The SMILES string of the molecule is CCC(CC)(C(=O)Nc1nnn(C)n1)C(N)=S. The van der Waals surface area contributed by atoms with Crippen molar-refractivity contribution in [2.45, 2.75) is 26.7 Å². The number of nitrogens with one attached hydrogen (secondary N) is 1. The first-order valence-electron chi connectivity index (χ1n) is 5.31. The fourth-order valence-electron chi connectivity index (χ4n) is 1.59. The topological polar surface area (TPSA) is 98.7 Å². The monoisotopic (exact) mass is 256 g/mol. The molecule has 0 saturated carbocycles. The van der Waals surface area contributed by atoms with Gasteiger partial charge in [-0.05, 0) is 18.1 Å². The van der Waals surface area contributed by atoms with Crippen LogP contribution in [0, 0.1) is 5.41 Å². The molecule has 0 aliphatic carbocycles. The van der Waals surface area contributed by atoms with Gasteiger partial charge in [-0.1, -0.05) is 31.2 Å². The average Bonchev–Trinajstić information content (AvgIpc) is 2.66. The van der Waals surface area contributed by atoms with Gasteiger partial charge in [0.1, 0.15) is 0 Å². The quantitative estimate of drug-likeness (QED) is 0.732. The van der Waals surface area contributed by atoms with Gasteiger partial charge in [0, 0.05) is 0 Å². The second-order valence-electron chi connectivity index (χ2n) is 3.71. The Kier molecular flexibility index (Phi) is 4.11. The van der Waals surface area contributed by atoms with Crippen LogP contribution in [0.4, 0.5) is 5.95 Å². The van der Waals surface area contributed by atoms with Crippen molar-refractivity contribution in [2.24, 2.45) is 18.2 Å². The molecule has 0 radical (unpaired) electrons. The van der Waals surface area contributed by atoms with Gasteiger partial charge in [0.05, 0.1) is 17.5 Å². The van der Waals surface area contributed by atoms with Crippen molar-refractivity contribution in [1.82, 2.24) is 20.2 Å². The van der Waals surface area contributed by atoms with E-state index >= 15 is 0 Å². The van der Waals surface area contributed by atoms with Crippen LogP contribution in [-0.4, -0.2) is 31.1 Å². The zero-order valence-corrected chi connectivity index (χ0v) is 10.9. The van der Waals surface area contributed by atoms with Crippen LogP contribution in [0.15, 0.2) is 0 Å². The minimum absolute atomic E-state index is 0.153. The molecule has 3 N–H and O–H groups in total. The minimum atomic E-state index is -0.853. The third kappa shape index (κ3) is 2.57. The number of carbonyl (C=O) groups is 1. The van der Waals surface area contributed by atoms with Gasteiger partial charge in [-0.15, -0.1) is 5.10 Å². The van der Waals surface area contributed by atoms with Crippen molar-refractivity contribution >= 4 is 29.1 Å². The lowest BCUT2D eigenvalue weighted by Gasteiger charge is -2.27. The molecule has 0 unspecified atom stereocenters. The summed E-state index contributed by atoms with van der Waals surface area (Å²) in [5.74, 6) is -0.136. The summed E-state index contributed by atoms with van der Waals surface area (Å²) in [6.07, 6.45) is 1.07. The number of tetrazole rings is 1. The standard InChI is InChI=1S/C9H16N6OS/c1-4-9(5-2,6(10)17)7(16)11-8-12-14-15(3)13-8/h4-5H2,1-3H3,(H2,10,17)(H,11,13,16). The van der Waals surface area contributed by atoms with E-state index in [9.17, 15) is 4.79 Å². The van der Waals surface area contributed by atoms with Gasteiger partial charge in [0.15, 0.2) is 0 Å². The smallest absolute Gasteiger partial charge is 0.270 e. The number of nitrogens with zero attached hydrogens (tertiary/aromatic N) is 4. The van der Waals surface area contributed by atoms with Gasteiger partial charge < -0.3 is 5.73 Å². The Morgan fingerprint density at radius 3 is 2.47 bits per heavy atom. The zero-order chi connectivity index (χ0) is 13.1. The molecule has 0 atom stereocenters. The van der Waals surface area contributed by atoms with Gasteiger partial charge in [0.25, 0.3) is 5.95 Å². The Labute approximate surface area is 105 Å². The molecular formula is C9H16N6OS. The summed E-state index contributed by atoms with van der Waals surface area (Å²) in [7, 11) is 1.61. The summed E-state index contributed by atoms with van der Waals surface area (Å²) >= 11 is 4.98. The maximum absolute atomic E-state index is 12.2. The lowest BCUT2D eigenvalue weighted by Crippen LogP contribution is -2.45. The number of hydrogen-bond donors (Lipinski definition) is 2. The second-order valence-corrected chi connectivity index (χ2v) is 4.15. The largest absolute Gasteiger partial charge is 0.392 e. The van der Waals surface area contributed by atoms with E-state index in [1.165, 1.54) is 4.80 Å². The molecule has 0 aliphatic rings. The molecule has 0 bridgehead atoms. The molecule has 17 heavy (non-hydrogen) atoms. The fraction of sp³-hybridized carbons (Fsp3) is 0.667. The highest BCUT2D eigenvalue weighted by Gasteiger charge is 2.38. The number of amides is 1. The molecular weight excluding hydrogens is 240 g/mol. The van der Waals surface area contributed by atoms with Crippen LogP contribution in [0.25, 0.3) is 0 Å². The molecule has 1 amide bonds. The summed E-state index contributed by atoms with van der Waals surface area (Å²) in [5.41, 5.74) is 4.81. The summed E-state index contributed by atoms with van der Waals surface area (Å²) in [5, 5.41) is 13.8. The van der Waals surface area contributed by atoms with E-state index in [4.69, 9.17) is 18.0 Å². The molecule has 0 saturated heterocycles. The van der Waals surface area contributed by atoms with E-state index in [1.807, 2.05) is 13.8 Å². The third-order valence-electron chi connectivity index (χ3n) is 2.85. The molecule has 7 nitrogen and oxygen atoms in total. The van der Waals surface area contributed by atoms with Gasteiger partial charge in [-0.25, -0.2) is 0 Å². The molecule has 1 aromatic heterocycles. The number of aryl methyl sites for hydroxylation is 1. The lowest BCUT2D eigenvalue weighted by atomic mass is 9.81. The molecule has 0 fully saturated rings. The molecule has 0 aliphatic heterocycles. The fourth-order valence-corrected chi connectivity index (χ4v) is 1.97. The molecule has 94 valence electrons. The minimum Gasteiger partial charge on any atom is -0.392 e. The molecule has 8 heteroatoms. The van der Waals surface area contributed by atoms with E-state index in [2.05, 4.69) is 20.7 Å². The van der Waals surface area contributed by atoms with Crippen molar-refractivity contribution in [3.8, 4) is 0 Å². The van der Waals surface area contributed by atoms with Crippen LogP contribution in [-0.2, 0) is 11.8 Å². The Hall–Kier alpha value is -1.57. The first kappa shape index (κ1) is 13.5. The zero-order valence-electron chi connectivity index (χ0n) is 10.1. The molecule has 1 heterocycles. The lowest BCUT2D eigenvalue weighted by molar-refractivity contribution is -0.122. The highest BCUT2D eigenvalue weighted by atomic mass is 32.1. The Balaban J connectivity index is 2.90. The summed E-state index contributed by atoms with van der Waals surface area (Å²) in [6.45, 7) is 3.73. The first-order chi connectivity index (χ1) is 7.96. The van der Waals surface area contributed by atoms with Gasteiger partial charge >= 0.3 is 0 Å². The van der Waals surface area contributed by atoms with E-state index in [1.54, 1.807) is 7.05 Å². The maximum atomic E-state index is 12.2. The molecule has 0 aromatic carbocycles. The maximum Gasteiger partial charge on any atom is 0.270 e. The summed E-state index contributed by atoms with van der Waals surface area (Å²) in [6, 6.07) is 0. The van der Waals surface area contributed by atoms with E-state index in [0.717, 1.165) is 0 Å². The average molecular weight is 256 g/mol. The predicted molar refractivity (Wildman–Crippen MR) is 67.2 cm³/mol. The highest BCUT2D eigenvalue weighted by molar-refractivity contribution is 7.80. The number of carbonyl (C=O) groups excluding carboxylic acids is 1. The number of rotatable bonds is 5.